The van der Waals surface area contributed by atoms with Crippen molar-refractivity contribution < 1.29 is 18.7 Å². The molecule has 3 rings (SSSR count). The maximum atomic E-state index is 13.5. The van der Waals surface area contributed by atoms with Gasteiger partial charge < -0.3 is 14.5 Å². The third kappa shape index (κ3) is 7.88. The highest BCUT2D eigenvalue weighted by atomic mass is 35.5. The Labute approximate surface area is 215 Å². The summed E-state index contributed by atoms with van der Waals surface area (Å²) in [6.45, 7) is 3.41. The molecule has 2 aromatic carbocycles. The molecule has 0 bridgehead atoms. The Bertz CT molecular complexity index is 1090. The Morgan fingerprint density at radius 1 is 1.03 bits per heavy atom. The number of carbonyl (C=O) groups excluding carboxylic acids is 2. The van der Waals surface area contributed by atoms with E-state index in [0.29, 0.717) is 38.2 Å². The fourth-order valence-corrected chi connectivity index (χ4v) is 4.84. The first-order valence-electron chi connectivity index (χ1n) is 11.4. The molecule has 5 nitrogen and oxygen atoms in total. The van der Waals surface area contributed by atoms with Gasteiger partial charge in [0.25, 0.3) is 0 Å². The van der Waals surface area contributed by atoms with Gasteiger partial charge in [-0.25, -0.2) is 4.39 Å². The highest BCUT2D eigenvalue weighted by molar-refractivity contribution is 7.10. The van der Waals surface area contributed by atoms with Crippen molar-refractivity contribution in [2.24, 2.45) is 0 Å². The predicted molar refractivity (Wildman–Crippen MR) is 138 cm³/mol. The summed E-state index contributed by atoms with van der Waals surface area (Å²) in [4.78, 5) is 31.1. The van der Waals surface area contributed by atoms with Crippen LogP contribution >= 0.6 is 22.9 Å². The largest absolute Gasteiger partial charge is 0.385 e. The molecule has 0 spiro atoms. The number of halogens is 2. The van der Waals surface area contributed by atoms with Crippen LogP contribution in [0.15, 0.2) is 66.0 Å². The number of benzene rings is 2. The van der Waals surface area contributed by atoms with Crippen LogP contribution in [0.5, 0.6) is 0 Å². The topological polar surface area (TPSA) is 49.9 Å². The minimum atomic E-state index is -0.892. The van der Waals surface area contributed by atoms with Gasteiger partial charge in [-0.15, -0.1) is 22.9 Å². The molecule has 2 amide bonds. The number of alkyl halides is 1. The third-order valence-corrected chi connectivity index (χ3v) is 7.11. The van der Waals surface area contributed by atoms with Crippen molar-refractivity contribution in [2.45, 2.75) is 31.8 Å². The molecule has 0 saturated heterocycles. The Hall–Kier alpha value is -2.74. The third-order valence-electron chi connectivity index (χ3n) is 5.67. The van der Waals surface area contributed by atoms with Crippen molar-refractivity contribution >= 4 is 34.8 Å². The van der Waals surface area contributed by atoms with E-state index < -0.39 is 5.38 Å². The quantitative estimate of drug-likeness (QED) is 0.233. The molecule has 1 heterocycles. The summed E-state index contributed by atoms with van der Waals surface area (Å²) in [5.74, 6) is -0.856. The zero-order valence-electron chi connectivity index (χ0n) is 20.0. The molecule has 8 heteroatoms. The van der Waals surface area contributed by atoms with Gasteiger partial charge in [-0.2, -0.15) is 0 Å². The Kier molecular flexibility index (Phi) is 10.3. The Morgan fingerprint density at radius 2 is 1.74 bits per heavy atom. The monoisotopic (exact) mass is 516 g/mol. The molecule has 0 aliphatic heterocycles. The summed E-state index contributed by atoms with van der Waals surface area (Å²) < 4.78 is 18.6. The average Bonchev–Trinajstić information content (AvgIpc) is 3.28. The molecule has 0 aliphatic rings. The van der Waals surface area contributed by atoms with Crippen LogP contribution in [0, 0.1) is 12.7 Å². The van der Waals surface area contributed by atoms with Crippen molar-refractivity contribution in [3.63, 3.8) is 0 Å². The molecule has 1 unspecified atom stereocenters. The van der Waals surface area contributed by atoms with E-state index in [4.69, 9.17) is 16.3 Å². The first-order valence-corrected chi connectivity index (χ1v) is 12.7. The lowest BCUT2D eigenvalue weighted by Gasteiger charge is -2.29. The predicted octanol–water partition coefficient (Wildman–Crippen LogP) is 5.57. The molecule has 0 saturated carbocycles. The molecule has 186 valence electrons. The average molecular weight is 517 g/mol. The minimum Gasteiger partial charge on any atom is -0.385 e. The summed E-state index contributed by atoms with van der Waals surface area (Å²) >= 11 is 8.11. The minimum absolute atomic E-state index is 0.107. The number of methoxy groups -OCH3 is 1. The van der Waals surface area contributed by atoms with E-state index >= 15 is 0 Å². The lowest BCUT2D eigenvalue weighted by molar-refractivity contribution is -0.141. The van der Waals surface area contributed by atoms with Gasteiger partial charge in [-0.3, -0.25) is 9.59 Å². The normalized spacial score (nSPS) is 11.8. The number of nitrogens with zero attached hydrogens (tertiary/aromatic N) is 2. The summed E-state index contributed by atoms with van der Waals surface area (Å²) in [5, 5.41) is 1.10. The molecule has 1 aromatic heterocycles. The van der Waals surface area contributed by atoms with Crippen molar-refractivity contribution in [2.75, 3.05) is 26.8 Å². The second kappa shape index (κ2) is 13.4. The van der Waals surface area contributed by atoms with E-state index in [1.165, 1.54) is 17.0 Å². The second-order valence-corrected chi connectivity index (χ2v) is 9.72. The molecule has 0 radical (unpaired) electrons. The number of hydrogen-bond donors (Lipinski definition) is 0. The fraction of sp³-hybridized carbons (Fsp3) is 0.333. The van der Waals surface area contributed by atoms with E-state index in [1.807, 2.05) is 36.6 Å². The molecule has 3 aromatic rings. The highest BCUT2D eigenvalue weighted by Crippen LogP contribution is 2.24. The van der Waals surface area contributed by atoms with Crippen LogP contribution in [-0.2, 0) is 27.4 Å². The van der Waals surface area contributed by atoms with Gasteiger partial charge in [0.1, 0.15) is 11.2 Å². The fourth-order valence-electron chi connectivity index (χ4n) is 3.64. The van der Waals surface area contributed by atoms with E-state index in [9.17, 15) is 14.0 Å². The summed E-state index contributed by atoms with van der Waals surface area (Å²) in [7, 11) is 1.60. The van der Waals surface area contributed by atoms with E-state index in [0.717, 1.165) is 16.0 Å². The van der Waals surface area contributed by atoms with Gasteiger partial charge in [0, 0.05) is 31.7 Å². The molecular formula is C27H30ClFN2O3S. The van der Waals surface area contributed by atoms with Gasteiger partial charge in [0.05, 0.1) is 13.1 Å². The van der Waals surface area contributed by atoms with Crippen LogP contribution in [0.4, 0.5) is 4.39 Å². The number of hydrogen-bond acceptors (Lipinski definition) is 4. The summed E-state index contributed by atoms with van der Waals surface area (Å²) in [6.07, 6.45) is 0.579. The highest BCUT2D eigenvalue weighted by Gasteiger charge is 2.27. The molecule has 35 heavy (non-hydrogen) atoms. The lowest BCUT2D eigenvalue weighted by Crippen LogP contribution is -2.44. The SMILES string of the molecule is COCCCN(CC(=O)N(Cc1ccc(F)cc1)Cc1sccc1C)C(=O)C(Cl)c1ccccc1. The van der Waals surface area contributed by atoms with Gasteiger partial charge in [-0.1, -0.05) is 42.5 Å². The number of amides is 2. The molecule has 0 N–H and O–H groups in total. The first-order chi connectivity index (χ1) is 16.9. The van der Waals surface area contributed by atoms with Crippen LogP contribution in [0.25, 0.3) is 0 Å². The van der Waals surface area contributed by atoms with Crippen molar-refractivity contribution in [1.82, 2.24) is 9.80 Å². The maximum Gasteiger partial charge on any atom is 0.245 e. The zero-order chi connectivity index (χ0) is 25.2. The second-order valence-electron chi connectivity index (χ2n) is 8.28. The van der Waals surface area contributed by atoms with Gasteiger partial charge in [-0.05, 0) is 53.6 Å². The smallest absolute Gasteiger partial charge is 0.245 e. The molecule has 0 fully saturated rings. The van der Waals surface area contributed by atoms with Gasteiger partial charge in [0.2, 0.25) is 11.8 Å². The van der Waals surface area contributed by atoms with E-state index in [-0.39, 0.29) is 24.2 Å². The van der Waals surface area contributed by atoms with E-state index in [1.54, 1.807) is 47.6 Å². The van der Waals surface area contributed by atoms with Crippen LogP contribution in [0.1, 0.15) is 33.4 Å². The van der Waals surface area contributed by atoms with Crippen molar-refractivity contribution in [1.29, 1.82) is 0 Å². The van der Waals surface area contributed by atoms with Crippen LogP contribution in [0.2, 0.25) is 0 Å². The molecular weight excluding hydrogens is 487 g/mol. The Morgan fingerprint density at radius 3 is 2.37 bits per heavy atom. The molecule has 1 atom stereocenters. The number of rotatable bonds is 12. The van der Waals surface area contributed by atoms with Crippen LogP contribution in [0.3, 0.4) is 0 Å². The van der Waals surface area contributed by atoms with Crippen molar-refractivity contribution in [3.8, 4) is 0 Å². The van der Waals surface area contributed by atoms with Gasteiger partial charge in [0.15, 0.2) is 0 Å². The maximum absolute atomic E-state index is 13.5. The standard InChI is InChI=1S/C27H30ClFN2O3S/c1-20-13-16-35-24(20)18-31(17-21-9-11-23(29)12-10-21)25(32)19-30(14-6-15-34-2)27(33)26(28)22-7-4-3-5-8-22/h3-5,7-13,16,26H,6,14-15,17-19H2,1-2H3. The number of ether oxygens (including phenoxy) is 1. The Balaban J connectivity index is 1.80. The lowest BCUT2D eigenvalue weighted by atomic mass is 10.1. The summed E-state index contributed by atoms with van der Waals surface area (Å²) in [6, 6.07) is 17.2. The van der Waals surface area contributed by atoms with E-state index in [2.05, 4.69) is 0 Å². The first kappa shape index (κ1) is 26.9. The number of carbonyl (C=O) groups is 2. The molecule has 0 aliphatic carbocycles. The summed E-state index contributed by atoms with van der Waals surface area (Å²) in [5.41, 5.74) is 2.59. The number of thiophene rings is 1. The zero-order valence-corrected chi connectivity index (χ0v) is 21.5. The van der Waals surface area contributed by atoms with Crippen LogP contribution < -0.4 is 0 Å². The van der Waals surface area contributed by atoms with Gasteiger partial charge >= 0.3 is 0 Å². The number of aryl methyl sites for hydroxylation is 1. The van der Waals surface area contributed by atoms with Crippen LogP contribution in [-0.4, -0.2) is 48.4 Å². The van der Waals surface area contributed by atoms with Crippen molar-refractivity contribution in [3.05, 3.63) is 93.4 Å².